The van der Waals surface area contributed by atoms with Crippen LogP contribution in [0.4, 0.5) is 5.69 Å². The summed E-state index contributed by atoms with van der Waals surface area (Å²) in [7, 11) is 2.01. The second-order valence-corrected chi connectivity index (χ2v) is 8.29. The van der Waals surface area contributed by atoms with E-state index in [0.717, 1.165) is 34.5 Å². The van der Waals surface area contributed by atoms with Gasteiger partial charge in [-0.15, -0.1) is 11.3 Å². The van der Waals surface area contributed by atoms with Gasteiger partial charge in [-0.2, -0.15) is 0 Å². The van der Waals surface area contributed by atoms with Gasteiger partial charge in [0, 0.05) is 31.1 Å². The van der Waals surface area contributed by atoms with E-state index in [4.69, 9.17) is 4.99 Å². The zero-order valence-corrected chi connectivity index (χ0v) is 18.3. The van der Waals surface area contributed by atoms with E-state index in [1.54, 1.807) is 11.3 Å². The third-order valence-electron chi connectivity index (χ3n) is 3.98. The van der Waals surface area contributed by atoms with Gasteiger partial charge in [0.2, 0.25) is 5.91 Å². The quantitative estimate of drug-likeness (QED) is 0.517. The van der Waals surface area contributed by atoms with Crippen LogP contribution in [-0.4, -0.2) is 35.3 Å². The standard InChI is InChI=1S/C21H31N5OS/c1-6-22-21(26(5)13-19-14-28-16(4)24-19)23-12-17-8-7-9-18(11-17)25-20(27)10-15(2)3/h7-9,11,14-15H,6,10,12-13H2,1-5H3,(H,22,23)(H,25,27). The number of aromatic nitrogens is 1. The van der Waals surface area contributed by atoms with Crippen molar-refractivity contribution >= 4 is 28.9 Å². The molecular weight excluding hydrogens is 370 g/mol. The van der Waals surface area contributed by atoms with Gasteiger partial charge in [0.1, 0.15) is 0 Å². The first-order valence-electron chi connectivity index (χ1n) is 9.66. The number of nitrogens with one attached hydrogen (secondary N) is 2. The van der Waals surface area contributed by atoms with Gasteiger partial charge in [0.15, 0.2) is 5.96 Å². The Bertz CT molecular complexity index is 800. The lowest BCUT2D eigenvalue weighted by atomic mass is 10.1. The molecule has 1 heterocycles. The molecule has 7 heteroatoms. The highest BCUT2D eigenvalue weighted by molar-refractivity contribution is 7.09. The van der Waals surface area contributed by atoms with Crippen molar-refractivity contribution in [2.75, 3.05) is 18.9 Å². The Labute approximate surface area is 172 Å². The van der Waals surface area contributed by atoms with Crippen molar-refractivity contribution in [1.29, 1.82) is 0 Å². The van der Waals surface area contributed by atoms with Crippen LogP contribution in [0.5, 0.6) is 0 Å². The number of aliphatic imine (C=N–C) groups is 1. The number of benzene rings is 1. The van der Waals surface area contributed by atoms with Crippen LogP contribution in [0.15, 0.2) is 34.6 Å². The van der Waals surface area contributed by atoms with Crippen LogP contribution < -0.4 is 10.6 Å². The molecule has 0 bridgehead atoms. The molecule has 6 nitrogen and oxygen atoms in total. The summed E-state index contributed by atoms with van der Waals surface area (Å²) >= 11 is 1.66. The van der Waals surface area contributed by atoms with E-state index in [9.17, 15) is 4.79 Å². The number of thiazole rings is 1. The summed E-state index contributed by atoms with van der Waals surface area (Å²) in [4.78, 5) is 23.3. The fraction of sp³-hybridized carbons (Fsp3) is 0.476. The highest BCUT2D eigenvalue weighted by atomic mass is 32.1. The lowest BCUT2D eigenvalue weighted by Crippen LogP contribution is -2.38. The van der Waals surface area contributed by atoms with E-state index in [-0.39, 0.29) is 5.91 Å². The number of carbonyl (C=O) groups excluding carboxylic acids is 1. The molecule has 1 aromatic heterocycles. The van der Waals surface area contributed by atoms with Gasteiger partial charge in [-0.3, -0.25) is 4.79 Å². The smallest absolute Gasteiger partial charge is 0.224 e. The number of guanidine groups is 1. The van der Waals surface area contributed by atoms with E-state index in [0.29, 0.717) is 25.4 Å². The first-order chi connectivity index (χ1) is 13.4. The third-order valence-corrected chi connectivity index (χ3v) is 4.80. The summed E-state index contributed by atoms with van der Waals surface area (Å²) in [5, 5.41) is 9.45. The van der Waals surface area contributed by atoms with E-state index in [1.165, 1.54) is 0 Å². The molecule has 1 amide bonds. The number of hydrogen-bond acceptors (Lipinski definition) is 4. The molecule has 0 radical (unpaired) electrons. The summed E-state index contributed by atoms with van der Waals surface area (Å²) in [5.74, 6) is 1.22. The molecule has 1 aromatic carbocycles. The number of hydrogen-bond donors (Lipinski definition) is 2. The Morgan fingerprint density at radius 1 is 1.36 bits per heavy atom. The number of rotatable bonds is 8. The molecule has 0 aliphatic heterocycles. The number of carbonyl (C=O) groups is 1. The van der Waals surface area contributed by atoms with Crippen molar-refractivity contribution in [3.8, 4) is 0 Å². The van der Waals surface area contributed by atoms with Crippen molar-refractivity contribution < 1.29 is 4.79 Å². The Hall–Kier alpha value is -2.41. The minimum absolute atomic E-state index is 0.0438. The molecule has 0 atom stereocenters. The molecule has 2 rings (SSSR count). The molecule has 2 N–H and O–H groups in total. The average Bonchev–Trinajstić information content (AvgIpc) is 3.02. The van der Waals surface area contributed by atoms with Gasteiger partial charge in [-0.1, -0.05) is 26.0 Å². The Balaban J connectivity index is 2.03. The maximum Gasteiger partial charge on any atom is 0.224 e. The van der Waals surface area contributed by atoms with Gasteiger partial charge in [0.05, 0.1) is 23.8 Å². The molecule has 0 aliphatic carbocycles. The summed E-state index contributed by atoms with van der Waals surface area (Å²) in [6, 6.07) is 7.86. The van der Waals surface area contributed by atoms with Crippen molar-refractivity contribution in [2.24, 2.45) is 10.9 Å². The van der Waals surface area contributed by atoms with E-state index >= 15 is 0 Å². The van der Waals surface area contributed by atoms with Gasteiger partial charge in [-0.05, 0) is 37.5 Å². The predicted molar refractivity (Wildman–Crippen MR) is 118 cm³/mol. The zero-order chi connectivity index (χ0) is 20.5. The number of amides is 1. The Kier molecular flexibility index (Phi) is 8.44. The van der Waals surface area contributed by atoms with E-state index in [1.807, 2.05) is 52.1 Å². The van der Waals surface area contributed by atoms with Gasteiger partial charge < -0.3 is 15.5 Å². The lowest BCUT2D eigenvalue weighted by molar-refractivity contribution is -0.116. The highest BCUT2D eigenvalue weighted by Gasteiger charge is 2.09. The van der Waals surface area contributed by atoms with Gasteiger partial charge in [0.25, 0.3) is 0 Å². The maximum absolute atomic E-state index is 12.0. The highest BCUT2D eigenvalue weighted by Crippen LogP contribution is 2.14. The van der Waals surface area contributed by atoms with Crippen molar-refractivity contribution in [1.82, 2.24) is 15.2 Å². The summed E-state index contributed by atoms with van der Waals surface area (Å²) in [6.45, 7) is 10.2. The van der Waals surface area contributed by atoms with Crippen LogP contribution >= 0.6 is 11.3 Å². The Morgan fingerprint density at radius 3 is 2.79 bits per heavy atom. The van der Waals surface area contributed by atoms with Crippen LogP contribution in [0.2, 0.25) is 0 Å². The van der Waals surface area contributed by atoms with E-state index in [2.05, 4.69) is 32.8 Å². The minimum Gasteiger partial charge on any atom is -0.357 e. The monoisotopic (exact) mass is 401 g/mol. The zero-order valence-electron chi connectivity index (χ0n) is 17.5. The molecule has 0 saturated carbocycles. The Morgan fingerprint density at radius 2 is 2.14 bits per heavy atom. The molecule has 0 spiro atoms. The minimum atomic E-state index is 0.0438. The largest absolute Gasteiger partial charge is 0.357 e. The summed E-state index contributed by atoms with van der Waals surface area (Å²) in [5.41, 5.74) is 2.91. The normalized spacial score (nSPS) is 11.6. The number of anilines is 1. The second kappa shape index (κ2) is 10.8. The third kappa shape index (κ3) is 7.31. The first kappa shape index (κ1) is 21.9. The predicted octanol–water partition coefficient (Wildman–Crippen LogP) is 4.03. The molecule has 0 saturated heterocycles. The molecular formula is C21H31N5OS. The van der Waals surface area contributed by atoms with Crippen molar-refractivity contribution in [3.63, 3.8) is 0 Å². The number of nitrogens with zero attached hydrogens (tertiary/aromatic N) is 3. The average molecular weight is 402 g/mol. The first-order valence-corrected chi connectivity index (χ1v) is 10.5. The summed E-state index contributed by atoms with van der Waals surface area (Å²) in [6.07, 6.45) is 0.522. The molecule has 0 aliphatic rings. The van der Waals surface area contributed by atoms with Crippen molar-refractivity contribution in [2.45, 2.75) is 47.2 Å². The topological polar surface area (TPSA) is 69.6 Å². The van der Waals surface area contributed by atoms with Crippen molar-refractivity contribution in [3.05, 3.63) is 45.9 Å². The lowest BCUT2D eigenvalue weighted by Gasteiger charge is -2.21. The molecule has 0 unspecified atom stereocenters. The molecule has 0 fully saturated rings. The molecule has 2 aromatic rings. The number of aryl methyl sites for hydroxylation is 1. The van der Waals surface area contributed by atoms with Gasteiger partial charge >= 0.3 is 0 Å². The van der Waals surface area contributed by atoms with Crippen LogP contribution in [0.1, 0.15) is 43.5 Å². The fourth-order valence-corrected chi connectivity index (χ4v) is 3.37. The van der Waals surface area contributed by atoms with E-state index < -0.39 is 0 Å². The van der Waals surface area contributed by atoms with Crippen LogP contribution in [0.3, 0.4) is 0 Å². The van der Waals surface area contributed by atoms with Crippen LogP contribution in [0, 0.1) is 12.8 Å². The van der Waals surface area contributed by atoms with Crippen LogP contribution in [0.25, 0.3) is 0 Å². The second-order valence-electron chi connectivity index (χ2n) is 7.23. The summed E-state index contributed by atoms with van der Waals surface area (Å²) < 4.78 is 0. The maximum atomic E-state index is 12.0. The molecule has 28 heavy (non-hydrogen) atoms. The molecule has 152 valence electrons. The van der Waals surface area contributed by atoms with Crippen LogP contribution in [-0.2, 0) is 17.9 Å². The SMILES string of the molecule is CCNC(=NCc1cccc(NC(=O)CC(C)C)c1)N(C)Cc1csc(C)n1. The van der Waals surface area contributed by atoms with Gasteiger partial charge in [-0.25, -0.2) is 9.98 Å². The fourth-order valence-electron chi connectivity index (χ4n) is 2.76.